The number of allylic oxidation sites excluding steroid dienone is 2. The molecule has 32 heavy (non-hydrogen) atoms. The zero-order valence-electron chi connectivity index (χ0n) is 17.8. The third-order valence-electron chi connectivity index (χ3n) is 5.74. The Morgan fingerprint density at radius 3 is 2.47 bits per heavy atom. The zero-order valence-corrected chi connectivity index (χ0v) is 20.0. The van der Waals surface area contributed by atoms with Crippen molar-refractivity contribution in [3.63, 3.8) is 0 Å². The third-order valence-corrected chi connectivity index (χ3v) is 9.35. The van der Waals surface area contributed by atoms with E-state index in [0.717, 1.165) is 47.6 Å². The van der Waals surface area contributed by atoms with Crippen molar-refractivity contribution in [1.82, 2.24) is 4.98 Å². The number of ether oxygens (including phenoxy) is 4. The summed E-state index contributed by atoms with van der Waals surface area (Å²) in [5.74, 6) is 3.01. The van der Waals surface area contributed by atoms with Crippen LogP contribution in [0.2, 0.25) is 0 Å². The Hall–Kier alpha value is -2.59. The Kier molecular flexibility index (Phi) is 6.05. The fourth-order valence-electron chi connectivity index (χ4n) is 4.13. The number of halogens is 1. The second kappa shape index (κ2) is 9.11. The molecule has 0 aliphatic carbocycles. The average Bonchev–Trinajstić information content (AvgIpc) is 3.52. The molecule has 2 aromatic carbocycles. The summed E-state index contributed by atoms with van der Waals surface area (Å²) < 4.78 is 23.9. The summed E-state index contributed by atoms with van der Waals surface area (Å²) >= 11 is -0.426. The SMILES string of the molecule is C/C=C(\c1cc2c(cc1N)OCO2)C(CCCCO)[I-]c1c[nH]c2cc3c(cc12)OCO3. The predicted octanol–water partition coefficient (Wildman–Crippen LogP) is 1.10. The Balaban J connectivity index is 1.49. The van der Waals surface area contributed by atoms with E-state index in [1.807, 2.05) is 18.2 Å². The van der Waals surface area contributed by atoms with Gasteiger partial charge in [0.25, 0.3) is 0 Å². The summed E-state index contributed by atoms with van der Waals surface area (Å²) in [4.78, 5) is 3.40. The molecule has 0 saturated heterocycles. The van der Waals surface area contributed by atoms with Crippen LogP contribution < -0.4 is 45.9 Å². The molecule has 3 aromatic rings. The van der Waals surface area contributed by atoms with Crippen LogP contribution in [0.15, 0.2) is 36.5 Å². The van der Waals surface area contributed by atoms with Gasteiger partial charge in [0.15, 0.2) is 0 Å². The van der Waals surface area contributed by atoms with E-state index in [2.05, 4.69) is 30.2 Å². The number of rotatable bonds is 8. The Labute approximate surface area is 196 Å². The molecule has 1 atom stereocenters. The third kappa shape index (κ3) is 3.97. The first-order valence-corrected chi connectivity index (χ1v) is 13.0. The van der Waals surface area contributed by atoms with Crippen molar-refractivity contribution >= 4 is 22.2 Å². The summed E-state index contributed by atoms with van der Waals surface area (Å²) in [6, 6.07) is 7.95. The van der Waals surface area contributed by atoms with Crippen molar-refractivity contribution in [3.05, 3.63) is 45.7 Å². The second-order valence-electron chi connectivity index (χ2n) is 7.72. The van der Waals surface area contributed by atoms with Crippen LogP contribution >= 0.6 is 0 Å². The Morgan fingerprint density at radius 2 is 1.75 bits per heavy atom. The maximum atomic E-state index is 9.34. The number of anilines is 1. The van der Waals surface area contributed by atoms with Crippen LogP contribution in [-0.2, 0) is 0 Å². The van der Waals surface area contributed by atoms with Gasteiger partial charge in [0.05, 0.1) is 0 Å². The number of nitrogen functional groups attached to an aromatic ring is 1. The molecule has 1 unspecified atom stereocenters. The van der Waals surface area contributed by atoms with E-state index >= 15 is 0 Å². The maximum absolute atomic E-state index is 9.34. The molecule has 170 valence electrons. The molecule has 0 fully saturated rings. The number of unbranched alkanes of at least 4 members (excludes halogenated alkanes) is 1. The molecular weight excluding hydrogens is 523 g/mol. The Bertz CT molecular complexity index is 1170. The number of H-pyrrole nitrogens is 1. The summed E-state index contributed by atoms with van der Waals surface area (Å²) in [6.45, 7) is 2.76. The van der Waals surface area contributed by atoms with Gasteiger partial charge in [0.2, 0.25) is 0 Å². The van der Waals surface area contributed by atoms with Gasteiger partial charge in [-0.1, -0.05) is 0 Å². The van der Waals surface area contributed by atoms with Crippen molar-refractivity contribution in [2.45, 2.75) is 30.1 Å². The van der Waals surface area contributed by atoms with Crippen LogP contribution in [0.25, 0.3) is 16.5 Å². The molecule has 0 spiro atoms. The molecule has 0 bridgehead atoms. The molecule has 5 rings (SSSR count). The van der Waals surface area contributed by atoms with E-state index < -0.39 is 21.2 Å². The molecule has 0 saturated carbocycles. The summed E-state index contributed by atoms with van der Waals surface area (Å²) in [5.41, 5.74) is 10.4. The van der Waals surface area contributed by atoms with Crippen LogP contribution in [0.4, 0.5) is 5.69 Å². The first-order chi connectivity index (χ1) is 15.7. The van der Waals surface area contributed by atoms with Gasteiger partial charge in [0.1, 0.15) is 0 Å². The number of fused-ring (bicyclic) bond motifs is 3. The molecule has 7 nitrogen and oxygen atoms in total. The number of nitrogens with one attached hydrogen (secondary N) is 1. The monoisotopic (exact) mass is 549 g/mol. The Morgan fingerprint density at radius 1 is 1.06 bits per heavy atom. The first-order valence-electron chi connectivity index (χ1n) is 10.7. The van der Waals surface area contributed by atoms with E-state index in [9.17, 15) is 5.11 Å². The summed E-state index contributed by atoms with van der Waals surface area (Å²) in [7, 11) is 0. The second-order valence-corrected chi connectivity index (χ2v) is 11.0. The fraction of sp³-hybridized carbons (Fsp3) is 0.333. The predicted molar refractivity (Wildman–Crippen MR) is 118 cm³/mol. The summed E-state index contributed by atoms with van der Waals surface area (Å²) in [5, 5.41) is 10.5. The standard InChI is InChI=1S/C24H26IN2O5/c1-2-14(15-7-21-23(9-19(15)26)31-12-29-21)17(5-3-4-6-28)25-18-11-27-20-10-24-22(8-16(18)20)30-13-32-24/h2,7-11,17,27-28H,3-6,12-13,26H2,1H3/q-1/b14-2+. The van der Waals surface area contributed by atoms with E-state index in [0.29, 0.717) is 15.4 Å². The number of aliphatic hydroxyl groups is 1. The van der Waals surface area contributed by atoms with Crippen LogP contribution in [-0.4, -0.2) is 34.2 Å². The van der Waals surface area contributed by atoms with Crippen LogP contribution in [0.3, 0.4) is 0 Å². The van der Waals surface area contributed by atoms with E-state index in [4.69, 9.17) is 24.7 Å². The molecule has 0 amide bonds. The van der Waals surface area contributed by atoms with Gasteiger partial charge < -0.3 is 0 Å². The number of aromatic nitrogens is 1. The van der Waals surface area contributed by atoms with Gasteiger partial charge in [-0.05, 0) is 0 Å². The molecule has 4 N–H and O–H groups in total. The quantitative estimate of drug-likeness (QED) is 0.169. The number of hydrogen-bond donors (Lipinski definition) is 3. The topological polar surface area (TPSA) is 99.0 Å². The first kappa shape index (κ1) is 21.3. The molecule has 3 heterocycles. The van der Waals surface area contributed by atoms with E-state index in [-0.39, 0.29) is 20.2 Å². The van der Waals surface area contributed by atoms with Crippen molar-refractivity contribution in [3.8, 4) is 23.0 Å². The molecular formula is C24H26IN2O5-. The number of alkyl halides is 1. The van der Waals surface area contributed by atoms with Gasteiger partial charge >= 0.3 is 197 Å². The van der Waals surface area contributed by atoms with Gasteiger partial charge in [-0.3, -0.25) is 0 Å². The fourth-order valence-corrected chi connectivity index (χ4v) is 7.84. The molecule has 2 aliphatic heterocycles. The minimum atomic E-state index is -0.426. The van der Waals surface area contributed by atoms with Crippen molar-refractivity contribution < 1.29 is 45.3 Å². The molecule has 1 aromatic heterocycles. The van der Waals surface area contributed by atoms with Crippen LogP contribution in [0.1, 0.15) is 31.7 Å². The number of aromatic amines is 1. The molecule has 8 heteroatoms. The van der Waals surface area contributed by atoms with Crippen LogP contribution in [0, 0.1) is 3.57 Å². The van der Waals surface area contributed by atoms with E-state index in [1.54, 1.807) is 0 Å². The summed E-state index contributed by atoms with van der Waals surface area (Å²) in [6.07, 6.45) is 7.01. The van der Waals surface area contributed by atoms with Crippen molar-refractivity contribution in [2.75, 3.05) is 25.9 Å². The zero-order chi connectivity index (χ0) is 22.1. The van der Waals surface area contributed by atoms with Gasteiger partial charge in [0, 0.05) is 0 Å². The van der Waals surface area contributed by atoms with Gasteiger partial charge in [-0.25, -0.2) is 0 Å². The number of benzene rings is 2. The van der Waals surface area contributed by atoms with E-state index in [1.165, 1.54) is 14.5 Å². The normalized spacial score (nSPS) is 15.6. The molecule has 2 aliphatic rings. The minimum absolute atomic E-state index is 0.207. The average molecular weight is 549 g/mol. The van der Waals surface area contributed by atoms with Gasteiger partial charge in [-0.2, -0.15) is 0 Å². The number of nitrogens with two attached hydrogens (primary N) is 1. The number of hydrogen-bond acceptors (Lipinski definition) is 6. The van der Waals surface area contributed by atoms with Crippen molar-refractivity contribution in [1.29, 1.82) is 0 Å². The van der Waals surface area contributed by atoms with Crippen LogP contribution in [0.5, 0.6) is 23.0 Å². The number of aliphatic hydroxyl groups excluding tert-OH is 1. The molecule has 0 radical (unpaired) electrons. The van der Waals surface area contributed by atoms with Gasteiger partial charge in [-0.15, -0.1) is 0 Å². The van der Waals surface area contributed by atoms with Crippen molar-refractivity contribution in [2.24, 2.45) is 0 Å².